The average molecular weight is 443 g/mol. The van der Waals surface area contributed by atoms with Crippen LogP contribution >= 0.6 is 0 Å². The first-order valence-corrected chi connectivity index (χ1v) is 11.4. The second-order valence-corrected chi connectivity index (χ2v) is 9.30. The predicted octanol–water partition coefficient (Wildman–Crippen LogP) is 1.64. The van der Waals surface area contributed by atoms with Crippen LogP contribution in [0.1, 0.15) is 65.7 Å². The van der Waals surface area contributed by atoms with Gasteiger partial charge >= 0.3 is 11.9 Å². The van der Waals surface area contributed by atoms with E-state index in [2.05, 4.69) is 0 Å². The summed E-state index contributed by atoms with van der Waals surface area (Å²) in [6.45, 7) is 5.65. The number of aliphatic hydroxyl groups is 4. The summed E-state index contributed by atoms with van der Waals surface area (Å²) in [6, 6.07) is 0. The third-order valence-corrected chi connectivity index (χ3v) is 7.00. The highest BCUT2D eigenvalue weighted by molar-refractivity contribution is 5.72. The third-order valence-electron chi connectivity index (χ3n) is 7.00. The van der Waals surface area contributed by atoms with Crippen molar-refractivity contribution < 1.29 is 39.9 Å². The lowest BCUT2D eigenvalue weighted by molar-refractivity contribution is -0.160. The molecule has 8 nitrogen and oxygen atoms in total. The molecular formula is C23H38O8. The number of esters is 1. The molecule has 0 spiro atoms. The zero-order chi connectivity index (χ0) is 23.3. The molecule has 0 bridgehead atoms. The number of hydrogen-bond acceptors (Lipinski definition) is 7. The van der Waals surface area contributed by atoms with Crippen LogP contribution in [0.5, 0.6) is 0 Å². The lowest BCUT2D eigenvalue weighted by Crippen LogP contribution is -2.48. The molecule has 0 unspecified atom stereocenters. The highest BCUT2D eigenvalue weighted by atomic mass is 16.5. The lowest BCUT2D eigenvalue weighted by Gasteiger charge is -2.47. The van der Waals surface area contributed by atoms with E-state index in [1.54, 1.807) is 6.08 Å². The number of carboxylic acids is 1. The van der Waals surface area contributed by atoms with E-state index in [1.165, 1.54) is 0 Å². The Morgan fingerprint density at radius 3 is 2.48 bits per heavy atom. The van der Waals surface area contributed by atoms with Crippen LogP contribution in [0.3, 0.4) is 0 Å². The molecular weight excluding hydrogens is 404 g/mol. The van der Waals surface area contributed by atoms with Gasteiger partial charge in [-0.05, 0) is 55.9 Å². The van der Waals surface area contributed by atoms with Crippen molar-refractivity contribution in [2.45, 2.75) is 96.2 Å². The zero-order valence-electron chi connectivity index (χ0n) is 18.7. The first-order chi connectivity index (χ1) is 14.5. The number of aliphatic hydroxyl groups excluding tert-OH is 4. The van der Waals surface area contributed by atoms with Crippen LogP contribution < -0.4 is 0 Å². The molecule has 0 amide bonds. The van der Waals surface area contributed by atoms with Gasteiger partial charge in [0.05, 0.1) is 36.8 Å². The molecule has 0 saturated heterocycles. The predicted molar refractivity (Wildman–Crippen MR) is 113 cm³/mol. The normalized spacial score (nSPS) is 33.6. The molecule has 0 aromatic rings. The summed E-state index contributed by atoms with van der Waals surface area (Å²) in [5.74, 6) is -2.16. The van der Waals surface area contributed by atoms with Gasteiger partial charge in [0, 0.05) is 5.92 Å². The van der Waals surface area contributed by atoms with Crippen molar-refractivity contribution in [3.05, 3.63) is 11.6 Å². The molecule has 178 valence electrons. The maximum absolute atomic E-state index is 12.5. The SMILES string of the molecule is CC[C@H](C)C(=O)O[C@H]1CC[C@H](O)C2=C[C@@H](O)[C@H](C)[C@H](CC[C@H](O)C[C@H](O)CC(=O)O)[C@H]21. The topological polar surface area (TPSA) is 145 Å². The van der Waals surface area contributed by atoms with Gasteiger partial charge in [0.1, 0.15) is 6.10 Å². The smallest absolute Gasteiger partial charge is 0.308 e. The van der Waals surface area contributed by atoms with Gasteiger partial charge in [-0.1, -0.05) is 26.8 Å². The largest absolute Gasteiger partial charge is 0.481 e. The quantitative estimate of drug-likeness (QED) is 0.254. The fraction of sp³-hybridized carbons (Fsp3) is 0.826. The molecule has 1 fully saturated rings. The van der Waals surface area contributed by atoms with Gasteiger partial charge in [0.15, 0.2) is 0 Å². The van der Waals surface area contributed by atoms with Crippen LogP contribution in [0.15, 0.2) is 11.6 Å². The molecule has 9 atom stereocenters. The van der Waals surface area contributed by atoms with E-state index in [9.17, 15) is 30.0 Å². The summed E-state index contributed by atoms with van der Waals surface area (Å²) in [5.41, 5.74) is 0.698. The molecule has 5 N–H and O–H groups in total. The maximum atomic E-state index is 12.5. The highest BCUT2D eigenvalue weighted by Gasteiger charge is 2.47. The molecule has 0 aromatic heterocycles. The third kappa shape index (κ3) is 6.75. The van der Waals surface area contributed by atoms with E-state index < -0.39 is 42.9 Å². The number of aliphatic carboxylic acids is 1. The van der Waals surface area contributed by atoms with E-state index in [-0.39, 0.29) is 36.1 Å². The number of rotatable bonds is 10. The monoisotopic (exact) mass is 442 g/mol. The lowest BCUT2D eigenvalue weighted by atomic mass is 9.62. The molecule has 0 heterocycles. The van der Waals surface area contributed by atoms with Crippen molar-refractivity contribution >= 4 is 11.9 Å². The molecule has 0 aromatic carbocycles. The Bertz CT molecular complexity index is 647. The van der Waals surface area contributed by atoms with Crippen molar-refractivity contribution in [2.24, 2.45) is 23.7 Å². The van der Waals surface area contributed by atoms with Crippen molar-refractivity contribution in [1.82, 2.24) is 0 Å². The first-order valence-electron chi connectivity index (χ1n) is 11.4. The van der Waals surface area contributed by atoms with Crippen LogP contribution in [-0.4, -0.2) is 68.0 Å². The van der Waals surface area contributed by atoms with Crippen LogP contribution in [0.4, 0.5) is 0 Å². The number of carbonyl (C=O) groups is 2. The number of hydrogen-bond donors (Lipinski definition) is 5. The fourth-order valence-corrected chi connectivity index (χ4v) is 4.89. The Morgan fingerprint density at radius 2 is 1.87 bits per heavy atom. The second kappa shape index (κ2) is 11.4. The summed E-state index contributed by atoms with van der Waals surface area (Å²) >= 11 is 0. The van der Waals surface area contributed by atoms with E-state index in [4.69, 9.17) is 9.84 Å². The standard InChI is InChI=1S/C23H38O8/c1-4-12(2)23(30)31-20-8-7-18(26)17-11-19(27)13(3)16(22(17)20)6-5-14(24)9-15(25)10-21(28)29/h11-16,18-20,22,24-27H,4-10H2,1-3H3,(H,28,29)/t12-,13+,14-,15-,16-,18-,19+,20-,22+/m0/s1. The summed E-state index contributed by atoms with van der Waals surface area (Å²) in [5, 5.41) is 50.0. The number of carbonyl (C=O) groups excluding carboxylic acids is 1. The Labute approximate surface area is 183 Å². The minimum atomic E-state index is -1.13. The van der Waals surface area contributed by atoms with Gasteiger partial charge in [0.25, 0.3) is 0 Å². The molecule has 2 aliphatic rings. The molecule has 0 aliphatic heterocycles. The van der Waals surface area contributed by atoms with Crippen molar-refractivity contribution in [3.63, 3.8) is 0 Å². The van der Waals surface area contributed by atoms with Crippen LogP contribution in [0, 0.1) is 23.7 Å². The number of ether oxygens (including phenoxy) is 1. The number of carboxylic acid groups (broad SMARTS) is 1. The maximum Gasteiger partial charge on any atom is 0.308 e. The molecule has 8 heteroatoms. The molecule has 2 aliphatic carbocycles. The van der Waals surface area contributed by atoms with E-state index in [0.717, 1.165) is 0 Å². The van der Waals surface area contributed by atoms with Crippen molar-refractivity contribution in [1.29, 1.82) is 0 Å². The molecule has 2 rings (SSSR count). The Hall–Kier alpha value is -1.48. The molecule has 31 heavy (non-hydrogen) atoms. The first kappa shape index (κ1) is 25.8. The minimum absolute atomic E-state index is 0.0433. The van der Waals surface area contributed by atoms with Gasteiger partial charge in [-0.2, -0.15) is 0 Å². The Balaban J connectivity index is 2.14. The number of fused-ring (bicyclic) bond motifs is 1. The fourth-order valence-electron chi connectivity index (χ4n) is 4.89. The Morgan fingerprint density at radius 1 is 1.19 bits per heavy atom. The molecule has 1 saturated carbocycles. The average Bonchev–Trinajstić information content (AvgIpc) is 2.69. The van der Waals surface area contributed by atoms with Gasteiger partial charge in [-0.25, -0.2) is 0 Å². The van der Waals surface area contributed by atoms with Gasteiger partial charge in [-0.15, -0.1) is 0 Å². The van der Waals surface area contributed by atoms with Crippen molar-refractivity contribution in [2.75, 3.05) is 0 Å². The van der Waals surface area contributed by atoms with E-state index >= 15 is 0 Å². The van der Waals surface area contributed by atoms with Gasteiger partial charge in [-0.3, -0.25) is 9.59 Å². The van der Waals surface area contributed by atoms with E-state index in [0.29, 0.717) is 37.7 Å². The molecule has 0 radical (unpaired) electrons. The van der Waals surface area contributed by atoms with Crippen LogP contribution in [-0.2, 0) is 14.3 Å². The van der Waals surface area contributed by atoms with Gasteiger partial charge < -0.3 is 30.3 Å². The second-order valence-electron chi connectivity index (χ2n) is 9.30. The summed E-state index contributed by atoms with van der Waals surface area (Å²) in [4.78, 5) is 23.2. The van der Waals surface area contributed by atoms with Gasteiger partial charge in [0.2, 0.25) is 0 Å². The van der Waals surface area contributed by atoms with Crippen LogP contribution in [0.2, 0.25) is 0 Å². The highest BCUT2D eigenvalue weighted by Crippen LogP contribution is 2.46. The zero-order valence-corrected chi connectivity index (χ0v) is 18.7. The summed E-state index contributed by atoms with van der Waals surface area (Å²) in [7, 11) is 0. The summed E-state index contributed by atoms with van der Waals surface area (Å²) in [6.07, 6.45) is -0.174. The van der Waals surface area contributed by atoms with Crippen molar-refractivity contribution in [3.8, 4) is 0 Å². The minimum Gasteiger partial charge on any atom is -0.481 e. The van der Waals surface area contributed by atoms with Crippen LogP contribution in [0.25, 0.3) is 0 Å². The summed E-state index contributed by atoms with van der Waals surface area (Å²) < 4.78 is 5.85. The van der Waals surface area contributed by atoms with E-state index in [1.807, 2.05) is 20.8 Å². The Kier molecular flexibility index (Phi) is 9.48.